The lowest BCUT2D eigenvalue weighted by Gasteiger charge is -2.33. The molecule has 3 aliphatic rings. The summed E-state index contributed by atoms with van der Waals surface area (Å²) in [6.07, 6.45) is 4.76. The minimum atomic E-state index is -1.28. The summed E-state index contributed by atoms with van der Waals surface area (Å²) in [5.41, 5.74) is 3.54. The number of imidazole rings is 1. The monoisotopic (exact) mass is 632 g/mol. The molecule has 2 unspecified atom stereocenters. The third-order valence-corrected chi connectivity index (χ3v) is 9.23. The molecule has 0 aliphatic carbocycles. The summed E-state index contributed by atoms with van der Waals surface area (Å²) in [7, 11) is 0. The van der Waals surface area contributed by atoms with Crippen LogP contribution in [0.3, 0.4) is 0 Å². The summed E-state index contributed by atoms with van der Waals surface area (Å²) in [5, 5.41) is 4.08. The molecule has 0 spiro atoms. The van der Waals surface area contributed by atoms with Gasteiger partial charge >= 0.3 is 5.76 Å². The van der Waals surface area contributed by atoms with Gasteiger partial charge in [0.15, 0.2) is 11.5 Å². The molecule has 0 amide bonds. The number of nitrogens with one attached hydrogen (secondary N) is 1. The molecule has 0 bridgehead atoms. The van der Waals surface area contributed by atoms with E-state index in [4.69, 9.17) is 30.8 Å². The molecule has 0 saturated carbocycles. The van der Waals surface area contributed by atoms with Crippen LogP contribution in [0.25, 0.3) is 22.6 Å². The Bertz CT molecular complexity index is 1960. The van der Waals surface area contributed by atoms with Gasteiger partial charge in [0.1, 0.15) is 17.3 Å². The largest absolute Gasteiger partial charge is 0.444 e. The third kappa shape index (κ3) is 5.16. The molecule has 45 heavy (non-hydrogen) atoms. The van der Waals surface area contributed by atoms with Gasteiger partial charge in [-0.1, -0.05) is 28.9 Å². The van der Waals surface area contributed by atoms with Crippen molar-refractivity contribution in [1.29, 1.82) is 0 Å². The highest BCUT2D eigenvalue weighted by Gasteiger charge is 2.43. The van der Waals surface area contributed by atoms with Crippen molar-refractivity contribution in [3.8, 4) is 23.0 Å². The number of H-pyrrole nitrogens is 1. The molecule has 232 valence electrons. The predicted molar refractivity (Wildman–Crippen MR) is 162 cm³/mol. The van der Waals surface area contributed by atoms with E-state index in [2.05, 4.69) is 35.2 Å². The molecule has 6 heterocycles. The van der Waals surface area contributed by atoms with Crippen molar-refractivity contribution in [2.45, 2.75) is 57.1 Å². The third-order valence-electron chi connectivity index (χ3n) is 9.00. The number of hydrogen-bond acceptors (Lipinski definition) is 9. The number of benzene rings is 2. The Kier molecular flexibility index (Phi) is 6.88. The molecule has 8 rings (SSSR count). The topological polar surface area (TPSA) is 121 Å². The van der Waals surface area contributed by atoms with Crippen LogP contribution < -0.4 is 15.2 Å². The highest BCUT2D eigenvalue weighted by molar-refractivity contribution is 6.30. The average Bonchev–Trinajstić information content (AvgIpc) is 3.69. The molecular weight excluding hydrogens is 603 g/mol. The molecule has 3 aromatic heterocycles. The van der Waals surface area contributed by atoms with Crippen LogP contribution >= 0.6 is 11.6 Å². The molecule has 1 N–H and O–H groups in total. The quantitative estimate of drug-likeness (QED) is 0.252. The van der Waals surface area contributed by atoms with Crippen molar-refractivity contribution in [2.24, 2.45) is 0 Å². The van der Waals surface area contributed by atoms with Gasteiger partial charge in [-0.15, -0.1) is 0 Å². The lowest BCUT2D eigenvalue weighted by molar-refractivity contribution is -0.0712. The fraction of sp³-hybridized carbons (Fsp3) is 0.375. The van der Waals surface area contributed by atoms with Crippen molar-refractivity contribution in [2.75, 3.05) is 19.7 Å². The van der Waals surface area contributed by atoms with Crippen LogP contribution in [0.1, 0.15) is 49.1 Å². The summed E-state index contributed by atoms with van der Waals surface area (Å²) in [6.45, 7) is 5.61. The van der Waals surface area contributed by atoms with E-state index in [9.17, 15) is 9.18 Å². The van der Waals surface area contributed by atoms with E-state index in [1.807, 2.05) is 18.2 Å². The first-order chi connectivity index (χ1) is 21.8. The summed E-state index contributed by atoms with van der Waals surface area (Å²) in [5.74, 6) is 0.362. The van der Waals surface area contributed by atoms with E-state index in [0.717, 1.165) is 61.4 Å². The maximum Gasteiger partial charge on any atom is 0.439 e. The fourth-order valence-corrected chi connectivity index (χ4v) is 6.70. The second kappa shape index (κ2) is 11.0. The van der Waals surface area contributed by atoms with Crippen molar-refractivity contribution in [3.05, 3.63) is 87.0 Å². The minimum absolute atomic E-state index is 0.146. The molecule has 0 radical (unpaired) electrons. The van der Waals surface area contributed by atoms with E-state index in [1.165, 1.54) is 6.07 Å². The number of halogens is 2. The zero-order valence-electron chi connectivity index (χ0n) is 24.5. The number of para-hydroxylation sites is 1. The molecular formula is C32H30ClFN6O5. The Labute approximate surface area is 261 Å². The Hall–Kier alpha value is -4.26. The van der Waals surface area contributed by atoms with Gasteiger partial charge in [-0.2, -0.15) is 0 Å². The number of pyridine rings is 1. The highest BCUT2D eigenvalue weighted by Crippen LogP contribution is 2.50. The Morgan fingerprint density at radius 2 is 1.98 bits per heavy atom. The first-order valence-corrected chi connectivity index (χ1v) is 15.4. The molecule has 11 nitrogen and oxygen atoms in total. The Morgan fingerprint density at radius 1 is 1.13 bits per heavy atom. The van der Waals surface area contributed by atoms with Crippen LogP contribution in [0.15, 0.2) is 58.0 Å². The number of piperidine rings is 1. The number of nitrogens with zero attached hydrogens (tertiary/aromatic N) is 5. The number of hydrogen-bond donors (Lipinski definition) is 1. The summed E-state index contributed by atoms with van der Waals surface area (Å²) in [4.78, 5) is 25.9. The van der Waals surface area contributed by atoms with E-state index < -0.39 is 17.4 Å². The van der Waals surface area contributed by atoms with Gasteiger partial charge in [-0.25, -0.2) is 14.2 Å². The lowest BCUT2D eigenvalue weighted by Crippen LogP contribution is -2.35. The smallest absolute Gasteiger partial charge is 0.439 e. The number of rotatable bonds is 7. The fourth-order valence-electron chi connectivity index (χ4n) is 6.54. The number of fused-ring (bicyclic) bond motifs is 2. The van der Waals surface area contributed by atoms with Crippen molar-refractivity contribution in [1.82, 2.24) is 29.6 Å². The number of ether oxygens (including phenoxy) is 3. The standard InChI is InChI=1S/C32H30ClFN6O5/c1-32(22-6-5-19(33)13-23(22)34)43-27-4-2-3-21(29(27)44-32)18-7-10-39(11-8-18)17-28-36-24-14-25(30-37-31(41)45-38-30)35-15-26(24)40(28)16-20-9-12-42-20/h2-6,13-15,18,20H,7-12,16-17H2,1H3,(H,37,38,41). The van der Waals surface area contributed by atoms with Crippen LogP contribution in [0, 0.1) is 5.82 Å². The Morgan fingerprint density at radius 3 is 2.71 bits per heavy atom. The lowest BCUT2D eigenvalue weighted by atomic mass is 9.88. The SMILES string of the molecule is CC1(c2ccc(Cl)cc2F)Oc2cccc(C3CCN(Cc4nc5cc(-c6noc(=O)[nH]6)ncc5n4CC4CCO4)CC3)c2O1. The van der Waals surface area contributed by atoms with Gasteiger partial charge in [0.05, 0.1) is 42.0 Å². The molecule has 2 fully saturated rings. The molecule has 5 aromatic rings. The minimum Gasteiger partial charge on any atom is -0.444 e. The number of aromatic amines is 1. The predicted octanol–water partition coefficient (Wildman–Crippen LogP) is 5.38. The van der Waals surface area contributed by atoms with Gasteiger partial charge < -0.3 is 18.8 Å². The molecule has 13 heteroatoms. The van der Waals surface area contributed by atoms with Gasteiger partial charge in [0.25, 0.3) is 5.79 Å². The van der Waals surface area contributed by atoms with Crippen molar-refractivity contribution >= 4 is 22.6 Å². The van der Waals surface area contributed by atoms with Crippen molar-refractivity contribution in [3.63, 3.8) is 0 Å². The Balaban J connectivity index is 1.00. The van der Waals surface area contributed by atoms with E-state index >= 15 is 0 Å². The van der Waals surface area contributed by atoms with Gasteiger partial charge in [-0.05, 0) is 68.6 Å². The second-order valence-corrected chi connectivity index (χ2v) is 12.4. The molecule has 3 aliphatic heterocycles. The van der Waals surface area contributed by atoms with Crippen LogP contribution in [0.2, 0.25) is 5.02 Å². The zero-order valence-corrected chi connectivity index (χ0v) is 25.2. The van der Waals surface area contributed by atoms with Crippen LogP contribution in [0.5, 0.6) is 11.5 Å². The van der Waals surface area contributed by atoms with Crippen molar-refractivity contribution < 1.29 is 23.1 Å². The number of likely N-dealkylation sites (tertiary alicyclic amines) is 1. The summed E-state index contributed by atoms with van der Waals surface area (Å²) < 4.78 is 40.0. The number of aromatic nitrogens is 5. The van der Waals surface area contributed by atoms with E-state index in [-0.39, 0.29) is 17.8 Å². The van der Waals surface area contributed by atoms with Crippen LogP contribution in [0.4, 0.5) is 4.39 Å². The first-order valence-electron chi connectivity index (χ1n) is 15.0. The van der Waals surface area contributed by atoms with Crippen LogP contribution in [-0.4, -0.2) is 55.4 Å². The van der Waals surface area contributed by atoms with Crippen LogP contribution in [-0.2, 0) is 23.6 Å². The maximum absolute atomic E-state index is 14.8. The summed E-state index contributed by atoms with van der Waals surface area (Å²) >= 11 is 5.98. The van der Waals surface area contributed by atoms with Gasteiger partial charge in [-0.3, -0.25) is 19.4 Å². The average molecular weight is 633 g/mol. The normalized spacial score (nSPS) is 21.8. The molecule has 2 atom stereocenters. The second-order valence-electron chi connectivity index (χ2n) is 11.9. The first kappa shape index (κ1) is 28.2. The van der Waals surface area contributed by atoms with E-state index in [0.29, 0.717) is 40.9 Å². The molecule has 2 aromatic carbocycles. The molecule has 2 saturated heterocycles. The maximum atomic E-state index is 14.8. The van der Waals surface area contributed by atoms with Gasteiger partial charge in [0.2, 0.25) is 5.82 Å². The van der Waals surface area contributed by atoms with Gasteiger partial charge in [0, 0.05) is 24.1 Å². The van der Waals surface area contributed by atoms with E-state index in [1.54, 1.807) is 25.3 Å². The zero-order chi connectivity index (χ0) is 30.7. The highest BCUT2D eigenvalue weighted by atomic mass is 35.5. The summed E-state index contributed by atoms with van der Waals surface area (Å²) in [6, 6.07) is 12.3.